The summed E-state index contributed by atoms with van der Waals surface area (Å²) in [6.07, 6.45) is 0. The number of carbonyl (C=O) groups is 1. The summed E-state index contributed by atoms with van der Waals surface area (Å²) in [5.74, 6) is -0.828. The lowest BCUT2D eigenvalue weighted by molar-refractivity contribution is -0.117. The molecular weight excluding hydrogens is 341 g/mol. The number of primary amides is 1. The van der Waals surface area contributed by atoms with Crippen LogP contribution >= 0.6 is 11.8 Å². The minimum atomic E-state index is -0.535. The molecule has 0 saturated carbocycles. The highest BCUT2D eigenvalue weighted by Gasteiger charge is 2.17. The summed E-state index contributed by atoms with van der Waals surface area (Å²) in [6, 6.07) is 12.9. The Morgan fingerprint density at radius 2 is 1.92 bits per heavy atom. The number of amides is 1. The van der Waals surface area contributed by atoms with Gasteiger partial charge in [-0.15, -0.1) is 0 Å². The molecule has 3 rings (SSSR count). The van der Waals surface area contributed by atoms with E-state index in [4.69, 9.17) is 5.73 Å². The Balaban J connectivity index is 2.12. The van der Waals surface area contributed by atoms with Gasteiger partial charge in [-0.25, -0.2) is 9.37 Å². The van der Waals surface area contributed by atoms with E-state index in [0.717, 1.165) is 17.3 Å². The number of halogens is 1. The molecule has 0 bridgehead atoms. The normalized spacial score (nSPS) is 12.2. The van der Waals surface area contributed by atoms with E-state index in [0.29, 0.717) is 16.1 Å². The van der Waals surface area contributed by atoms with Crippen LogP contribution in [-0.4, -0.2) is 20.7 Å². The van der Waals surface area contributed by atoms with E-state index in [1.807, 2.05) is 0 Å². The number of nitrogens with zero attached hydrogens (tertiary/aromatic N) is 2. The fourth-order valence-electron chi connectivity index (χ4n) is 2.37. The van der Waals surface area contributed by atoms with Crippen LogP contribution in [-0.2, 0) is 11.3 Å². The Morgan fingerprint density at radius 1 is 1.24 bits per heavy atom. The van der Waals surface area contributed by atoms with Crippen molar-refractivity contribution < 1.29 is 9.18 Å². The number of aromatic nitrogens is 2. The molecule has 1 aromatic heterocycles. The molecule has 0 radical (unpaired) electrons. The number of rotatable bonds is 5. The molecule has 2 aromatic carbocycles. The Bertz CT molecular complexity index is 986. The van der Waals surface area contributed by atoms with Crippen LogP contribution in [0.15, 0.2) is 58.5 Å². The number of hydrogen-bond acceptors (Lipinski definition) is 4. The predicted octanol–water partition coefficient (Wildman–Crippen LogP) is 2.55. The predicted molar refractivity (Wildman–Crippen MR) is 96.0 cm³/mol. The summed E-state index contributed by atoms with van der Waals surface area (Å²) >= 11 is 1.13. The molecule has 128 valence electrons. The summed E-state index contributed by atoms with van der Waals surface area (Å²) in [5.41, 5.74) is 6.44. The van der Waals surface area contributed by atoms with Gasteiger partial charge < -0.3 is 5.73 Å². The molecule has 0 saturated heterocycles. The van der Waals surface area contributed by atoms with Crippen LogP contribution in [0, 0.1) is 5.82 Å². The maximum Gasteiger partial charge on any atom is 0.262 e. The van der Waals surface area contributed by atoms with Crippen molar-refractivity contribution in [2.45, 2.75) is 23.9 Å². The summed E-state index contributed by atoms with van der Waals surface area (Å²) in [6.45, 7) is 1.89. The van der Waals surface area contributed by atoms with Crippen molar-refractivity contribution in [3.8, 4) is 0 Å². The maximum absolute atomic E-state index is 13.1. The van der Waals surface area contributed by atoms with E-state index < -0.39 is 11.2 Å². The number of carbonyl (C=O) groups excluding carboxylic acids is 1. The van der Waals surface area contributed by atoms with Crippen molar-refractivity contribution >= 4 is 28.6 Å². The lowest BCUT2D eigenvalue weighted by Crippen LogP contribution is -2.27. The molecule has 3 aromatic rings. The molecule has 1 atom stereocenters. The Kier molecular flexibility index (Phi) is 4.85. The molecule has 0 unspecified atom stereocenters. The molecule has 1 amide bonds. The molecule has 0 aliphatic carbocycles. The number of benzene rings is 2. The molecule has 0 aliphatic rings. The first-order valence-electron chi connectivity index (χ1n) is 7.65. The largest absolute Gasteiger partial charge is 0.369 e. The van der Waals surface area contributed by atoms with Crippen LogP contribution in [0.1, 0.15) is 12.5 Å². The third-order valence-electron chi connectivity index (χ3n) is 3.76. The smallest absolute Gasteiger partial charge is 0.262 e. The monoisotopic (exact) mass is 357 g/mol. The van der Waals surface area contributed by atoms with E-state index in [1.54, 1.807) is 43.3 Å². The third-order valence-corrected chi connectivity index (χ3v) is 4.87. The Morgan fingerprint density at radius 3 is 2.60 bits per heavy atom. The second kappa shape index (κ2) is 7.06. The highest BCUT2D eigenvalue weighted by atomic mass is 32.2. The minimum Gasteiger partial charge on any atom is -0.369 e. The number of thioether (sulfide) groups is 1. The summed E-state index contributed by atoms with van der Waals surface area (Å²) in [4.78, 5) is 28.8. The van der Waals surface area contributed by atoms with E-state index in [-0.39, 0.29) is 17.9 Å². The van der Waals surface area contributed by atoms with Crippen LogP contribution < -0.4 is 11.3 Å². The van der Waals surface area contributed by atoms with Gasteiger partial charge >= 0.3 is 0 Å². The lowest BCUT2D eigenvalue weighted by atomic mass is 10.2. The van der Waals surface area contributed by atoms with Gasteiger partial charge in [0, 0.05) is 0 Å². The van der Waals surface area contributed by atoms with Crippen molar-refractivity contribution in [3.05, 3.63) is 70.3 Å². The first-order valence-corrected chi connectivity index (χ1v) is 8.53. The fourth-order valence-corrected chi connectivity index (χ4v) is 3.22. The zero-order valence-corrected chi connectivity index (χ0v) is 14.3. The fraction of sp³-hybridized carbons (Fsp3) is 0.167. The molecule has 0 spiro atoms. The number of hydrogen-bond donors (Lipinski definition) is 1. The number of para-hydroxylation sites is 1. The first-order chi connectivity index (χ1) is 12.0. The minimum absolute atomic E-state index is 0.214. The highest BCUT2D eigenvalue weighted by Crippen LogP contribution is 2.23. The average molecular weight is 357 g/mol. The van der Waals surface area contributed by atoms with Crippen LogP contribution in [0.2, 0.25) is 0 Å². The van der Waals surface area contributed by atoms with Gasteiger partial charge in [0.15, 0.2) is 5.16 Å². The standard InChI is InChI=1S/C18H16FN3O2S/c1-11(16(20)23)25-18-21-15-5-3-2-4-14(15)17(24)22(18)10-12-6-8-13(19)9-7-12/h2-9,11H,10H2,1H3,(H2,20,23)/t11-/m0/s1. The van der Waals surface area contributed by atoms with Crippen LogP contribution in [0.5, 0.6) is 0 Å². The van der Waals surface area contributed by atoms with Crippen molar-refractivity contribution in [1.82, 2.24) is 9.55 Å². The van der Waals surface area contributed by atoms with E-state index in [1.165, 1.54) is 16.7 Å². The molecule has 0 aliphatic heterocycles. The van der Waals surface area contributed by atoms with Crippen molar-refractivity contribution in [2.75, 3.05) is 0 Å². The van der Waals surface area contributed by atoms with Gasteiger partial charge in [-0.2, -0.15) is 0 Å². The van der Waals surface area contributed by atoms with Crippen molar-refractivity contribution in [1.29, 1.82) is 0 Å². The van der Waals surface area contributed by atoms with Gasteiger partial charge in [-0.1, -0.05) is 36.0 Å². The second-order valence-electron chi connectivity index (χ2n) is 5.59. The van der Waals surface area contributed by atoms with E-state index >= 15 is 0 Å². The van der Waals surface area contributed by atoms with Crippen LogP contribution in [0.4, 0.5) is 4.39 Å². The van der Waals surface area contributed by atoms with E-state index in [2.05, 4.69) is 4.98 Å². The summed E-state index contributed by atoms with van der Waals surface area (Å²) < 4.78 is 14.6. The molecular formula is C18H16FN3O2S. The zero-order chi connectivity index (χ0) is 18.0. The molecule has 2 N–H and O–H groups in total. The second-order valence-corrected chi connectivity index (χ2v) is 6.90. The van der Waals surface area contributed by atoms with Crippen molar-refractivity contribution in [2.24, 2.45) is 5.73 Å². The molecule has 1 heterocycles. The SMILES string of the molecule is C[C@H](Sc1nc2ccccc2c(=O)n1Cc1ccc(F)cc1)C(N)=O. The Hall–Kier alpha value is -2.67. The van der Waals surface area contributed by atoms with E-state index in [9.17, 15) is 14.0 Å². The average Bonchev–Trinajstić information content (AvgIpc) is 2.60. The van der Waals surface area contributed by atoms with Crippen molar-refractivity contribution in [3.63, 3.8) is 0 Å². The number of nitrogens with two attached hydrogens (primary N) is 1. The highest BCUT2D eigenvalue weighted by molar-refractivity contribution is 8.00. The van der Waals surface area contributed by atoms with Gasteiger partial charge in [-0.05, 0) is 36.8 Å². The molecule has 0 fully saturated rings. The molecule has 5 nitrogen and oxygen atoms in total. The Labute approximate surface area is 147 Å². The molecule has 25 heavy (non-hydrogen) atoms. The third kappa shape index (κ3) is 3.71. The maximum atomic E-state index is 13.1. The zero-order valence-electron chi connectivity index (χ0n) is 13.5. The number of fused-ring (bicyclic) bond motifs is 1. The van der Waals surface area contributed by atoms with Gasteiger partial charge in [-0.3, -0.25) is 14.2 Å². The van der Waals surface area contributed by atoms with Gasteiger partial charge in [0.25, 0.3) is 5.56 Å². The lowest BCUT2D eigenvalue weighted by Gasteiger charge is -2.15. The van der Waals surface area contributed by atoms with Gasteiger partial charge in [0.2, 0.25) is 5.91 Å². The van der Waals surface area contributed by atoms with Crippen LogP contribution in [0.25, 0.3) is 10.9 Å². The van der Waals surface area contributed by atoms with Crippen LogP contribution in [0.3, 0.4) is 0 Å². The molecule has 7 heteroatoms. The van der Waals surface area contributed by atoms with Gasteiger partial charge in [0.05, 0.1) is 22.7 Å². The topological polar surface area (TPSA) is 78.0 Å². The quantitative estimate of drug-likeness (QED) is 0.562. The van der Waals surface area contributed by atoms with Gasteiger partial charge in [0.1, 0.15) is 5.82 Å². The summed E-state index contributed by atoms with van der Waals surface area (Å²) in [7, 11) is 0. The first kappa shape index (κ1) is 17.2. The summed E-state index contributed by atoms with van der Waals surface area (Å²) in [5, 5.41) is 0.354.